The van der Waals surface area contributed by atoms with Crippen LogP contribution in [0.25, 0.3) is 0 Å². The summed E-state index contributed by atoms with van der Waals surface area (Å²) in [4.78, 5) is 0.347. The molecule has 6 heteroatoms. The van der Waals surface area contributed by atoms with Gasteiger partial charge in [0.2, 0.25) is 10.0 Å². The number of hydrogen-bond donors (Lipinski definition) is 1. The van der Waals surface area contributed by atoms with Gasteiger partial charge in [0.05, 0.1) is 11.5 Å². The van der Waals surface area contributed by atoms with Gasteiger partial charge >= 0.3 is 0 Å². The van der Waals surface area contributed by atoms with E-state index in [1.54, 1.807) is 19.1 Å². The Kier molecular flexibility index (Phi) is 6.99. The van der Waals surface area contributed by atoms with E-state index in [0.717, 1.165) is 16.5 Å². The summed E-state index contributed by atoms with van der Waals surface area (Å²) in [6, 6.07) is 5.32. The first kappa shape index (κ1) is 16.6. The fourth-order valence-electron chi connectivity index (χ4n) is 1.72. The zero-order valence-corrected chi connectivity index (χ0v) is 13.7. The topological polar surface area (TPSA) is 55.4 Å². The Bertz CT molecular complexity index is 503. The number of nitrogens with one attached hydrogen (secondary N) is 1. The van der Waals surface area contributed by atoms with Crippen molar-refractivity contribution in [1.82, 2.24) is 4.72 Å². The lowest BCUT2D eigenvalue weighted by Gasteiger charge is -2.10. The molecule has 4 nitrogen and oxygen atoms in total. The number of hydrogen-bond acceptors (Lipinski definition) is 3. The predicted octanol–water partition coefficient (Wildman–Crippen LogP) is 2.38. The Labute approximate surface area is 123 Å². The maximum Gasteiger partial charge on any atom is 0.240 e. The number of sulfonamides is 1. The molecule has 108 valence electrons. The minimum Gasteiger partial charge on any atom is -0.381 e. The van der Waals surface area contributed by atoms with E-state index in [4.69, 9.17) is 4.74 Å². The summed E-state index contributed by atoms with van der Waals surface area (Å²) in [5.41, 5.74) is 1.82. The van der Waals surface area contributed by atoms with Gasteiger partial charge in [0.25, 0.3) is 0 Å². The summed E-state index contributed by atoms with van der Waals surface area (Å²) >= 11 is 3.26. The summed E-state index contributed by atoms with van der Waals surface area (Å²) in [6.07, 6.45) is 0.664. The smallest absolute Gasteiger partial charge is 0.240 e. The Balaban J connectivity index is 2.52. The molecule has 0 aliphatic heterocycles. The van der Waals surface area contributed by atoms with Crippen molar-refractivity contribution < 1.29 is 13.2 Å². The molecule has 0 aliphatic rings. The highest BCUT2D eigenvalue weighted by molar-refractivity contribution is 9.09. The van der Waals surface area contributed by atoms with E-state index < -0.39 is 10.0 Å². The van der Waals surface area contributed by atoms with Crippen LogP contribution in [0.3, 0.4) is 0 Å². The Morgan fingerprint density at radius 1 is 1.26 bits per heavy atom. The van der Waals surface area contributed by atoms with Crippen molar-refractivity contribution in [2.24, 2.45) is 0 Å². The molecule has 0 aliphatic carbocycles. The van der Waals surface area contributed by atoms with Crippen LogP contribution < -0.4 is 4.72 Å². The molecule has 0 amide bonds. The van der Waals surface area contributed by atoms with Crippen LogP contribution >= 0.6 is 15.9 Å². The van der Waals surface area contributed by atoms with Crippen LogP contribution in [0.2, 0.25) is 0 Å². The van der Waals surface area contributed by atoms with E-state index in [-0.39, 0.29) is 0 Å². The van der Waals surface area contributed by atoms with Gasteiger partial charge in [0.15, 0.2) is 0 Å². The van der Waals surface area contributed by atoms with Crippen LogP contribution in [0.5, 0.6) is 0 Å². The van der Waals surface area contributed by atoms with Crippen molar-refractivity contribution in [3.05, 3.63) is 29.3 Å². The number of alkyl halides is 1. The summed E-state index contributed by atoms with van der Waals surface area (Å²) in [6.45, 7) is 5.33. The van der Waals surface area contributed by atoms with Crippen LogP contribution in [-0.2, 0) is 14.8 Å². The molecule has 0 aromatic heterocycles. The number of aryl methyl sites for hydroxylation is 2. The van der Waals surface area contributed by atoms with Gasteiger partial charge in [0.1, 0.15) is 0 Å². The molecule has 0 radical (unpaired) electrons. The van der Waals surface area contributed by atoms with Gasteiger partial charge in [-0.15, -0.1) is 0 Å². The fourth-order valence-corrected chi connectivity index (χ4v) is 3.24. The number of ether oxygens (including phenoxy) is 1. The average Bonchev–Trinajstić information content (AvgIpc) is 2.33. The van der Waals surface area contributed by atoms with Gasteiger partial charge in [-0.25, -0.2) is 13.1 Å². The highest BCUT2D eigenvalue weighted by Gasteiger charge is 2.15. The van der Waals surface area contributed by atoms with Gasteiger partial charge in [-0.05, 0) is 31.9 Å². The van der Waals surface area contributed by atoms with Gasteiger partial charge < -0.3 is 4.74 Å². The molecule has 0 atom stereocenters. The van der Waals surface area contributed by atoms with E-state index >= 15 is 0 Å². The van der Waals surface area contributed by atoms with Crippen molar-refractivity contribution >= 4 is 26.0 Å². The Morgan fingerprint density at radius 3 is 2.63 bits per heavy atom. The monoisotopic (exact) mass is 349 g/mol. The van der Waals surface area contributed by atoms with Crippen molar-refractivity contribution in [3.8, 4) is 0 Å². The molecule has 0 fully saturated rings. The second kappa shape index (κ2) is 7.99. The van der Waals surface area contributed by atoms with Crippen molar-refractivity contribution in [1.29, 1.82) is 0 Å². The van der Waals surface area contributed by atoms with Gasteiger partial charge in [-0.3, -0.25) is 0 Å². The van der Waals surface area contributed by atoms with Crippen LogP contribution in [-0.4, -0.2) is 33.5 Å². The third-order valence-corrected chi connectivity index (χ3v) is 4.54. The lowest BCUT2D eigenvalue weighted by atomic mass is 10.2. The highest BCUT2D eigenvalue weighted by atomic mass is 79.9. The maximum atomic E-state index is 12.1. The molecule has 1 aromatic rings. The fraction of sp³-hybridized carbons (Fsp3) is 0.538. The Hall–Kier alpha value is -0.430. The summed E-state index contributed by atoms with van der Waals surface area (Å²) in [5.74, 6) is 0. The molecule has 1 N–H and O–H groups in total. The van der Waals surface area contributed by atoms with Crippen molar-refractivity contribution in [2.45, 2.75) is 25.2 Å². The van der Waals surface area contributed by atoms with E-state index in [2.05, 4.69) is 20.7 Å². The average molecular weight is 350 g/mol. The molecule has 0 heterocycles. The Morgan fingerprint density at radius 2 is 2.00 bits per heavy atom. The summed E-state index contributed by atoms with van der Waals surface area (Å²) < 4.78 is 32.0. The molecule has 0 saturated carbocycles. The largest absolute Gasteiger partial charge is 0.381 e. The molecule has 1 aromatic carbocycles. The SMILES string of the molecule is Cc1ccc(S(=O)(=O)NCCCOCCBr)c(C)c1. The molecule has 0 saturated heterocycles. The summed E-state index contributed by atoms with van der Waals surface area (Å²) in [5, 5.41) is 0.793. The molecule has 0 spiro atoms. The van der Waals surface area contributed by atoms with E-state index in [1.807, 2.05) is 13.0 Å². The third kappa shape index (κ3) is 5.60. The quantitative estimate of drug-likeness (QED) is 0.579. The molecule has 1 rings (SSSR count). The number of benzene rings is 1. The molecule has 0 bridgehead atoms. The van der Waals surface area contributed by atoms with Crippen LogP contribution in [0.15, 0.2) is 23.1 Å². The van der Waals surface area contributed by atoms with E-state index in [0.29, 0.717) is 31.1 Å². The van der Waals surface area contributed by atoms with Crippen molar-refractivity contribution in [2.75, 3.05) is 25.1 Å². The van der Waals surface area contributed by atoms with Gasteiger partial charge in [-0.2, -0.15) is 0 Å². The van der Waals surface area contributed by atoms with E-state index in [1.165, 1.54) is 0 Å². The maximum absolute atomic E-state index is 12.1. The first-order valence-electron chi connectivity index (χ1n) is 6.18. The van der Waals surface area contributed by atoms with Gasteiger partial charge in [0, 0.05) is 18.5 Å². The normalized spacial score (nSPS) is 11.7. The molecular formula is C13H20BrNO3S. The number of rotatable bonds is 8. The zero-order chi connectivity index (χ0) is 14.3. The molecule has 0 unspecified atom stereocenters. The van der Waals surface area contributed by atoms with Crippen LogP contribution in [0, 0.1) is 13.8 Å². The standard InChI is InChI=1S/C13H20BrNO3S/c1-11-4-5-13(12(2)10-11)19(16,17)15-7-3-8-18-9-6-14/h4-5,10,15H,3,6-9H2,1-2H3. The zero-order valence-electron chi connectivity index (χ0n) is 11.3. The van der Waals surface area contributed by atoms with Crippen LogP contribution in [0.1, 0.15) is 17.5 Å². The second-order valence-electron chi connectivity index (χ2n) is 4.32. The minimum atomic E-state index is -3.42. The minimum absolute atomic E-state index is 0.347. The first-order chi connectivity index (χ1) is 8.97. The lowest BCUT2D eigenvalue weighted by molar-refractivity contribution is 0.149. The summed E-state index contributed by atoms with van der Waals surface area (Å²) in [7, 11) is -3.42. The lowest BCUT2D eigenvalue weighted by Crippen LogP contribution is -2.26. The van der Waals surface area contributed by atoms with Gasteiger partial charge in [-0.1, -0.05) is 33.6 Å². The highest BCUT2D eigenvalue weighted by Crippen LogP contribution is 2.16. The first-order valence-corrected chi connectivity index (χ1v) is 8.78. The second-order valence-corrected chi connectivity index (χ2v) is 6.85. The number of halogens is 1. The molecule has 19 heavy (non-hydrogen) atoms. The van der Waals surface area contributed by atoms with Crippen LogP contribution in [0.4, 0.5) is 0 Å². The molecular weight excluding hydrogens is 330 g/mol. The van der Waals surface area contributed by atoms with Crippen molar-refractivity contribution in [3.63, 3.8) is 0 Å². The predicted molar refractivity (Wildman–Crippen MR) is 80.3 cm³/mol. The third-order valence-electron chi connectivity index (χ3n) is 2.60. The van der Waals surface area contributed by atoms with E-state index in [9.17, 15) is 8.42 Å².